The van der Waals surface area contributed by atoms with E-state index in [-0.39, 0.29) is 23.4 Å². The standard InChI is InChI=1S/C29H29ClN4O2/c30-23-14-12-22(13-15-23)28(35)34(18-6-16-31)27(21-10-11-21)26-24(19-20-7-2-1-3-8-20)29(36)33-17-5-4-9-25(33)32-26/h1-5,7-9,12-15,17,21,27H,6,10-11,16,18-19,31H2. The molecule has 7 heteroatoms. The highest BCUT2D eigenvalue weighted by molar-refractivity contribution is 6.30. The number of nitrogens with two attached hydrogens (primary N) is 1. The van der Waals surface area contributed by atoms with E-state index < -0.39 is 0 Å². The topological polar surface area (TPSA) is 80.7 Å². The average Bonchev–Trinajstić information content (AvgIpc) is 3.74. The number of nitrogens with zero attached hydrogens (tertiary/aromatic N) is 3. The van der Waals surface area contributed by atoms with Gasteiger partial charge in [0, 0.05) is 35.3 Å². The van der Waals surface area contributed by atoms with Gasteiger partial charge in [-0.3, -0.25) is 14.0 Å². The second kappa shape index (κ2) is 10.6. The van der Waals surface area contributed by atoms with Gasteiger partial charge in [-0.2, -0.15) is 0 Å². The summed E-state index contributed by atoms with van der Waals surface area (Å²) in [6.07, 6.45) is 4.82. The molecular formula is C29H29ClN4O2. The van der Waals surface area contributed by atoms with Crippen molar-refractivity contribution in [3.63, 3.8) is 0 Å². The minimum atomic E-state index is -0.309. The van der Waals surface area contributed by atoms with E-state index >= 15 is 0 Å². The average molecular weight is 501 g/mol. The highest BCUT2D eigenvalue weighted by atomic mass is 35.5. The summed E-state index contributed by atoms with van der Waals surface area (Å²) in [6.45, 7) is 0.951. The van der Waals surface area contributed by atoms with Crippen LogP contribution in [0.2, 0.25) is 5.02 Å². The summed E-state index contributed by atoms with van der Waals surface area (Å²) in [5.74, 6) is 0.143. The van der Waals surface area contributed by atoms with E-state index in [4.69, 9.17) is 22.3 Å². The lowest BCUT2D eigenvalue weighted by Gasteiger charge is -2.33. The fourth-order valence-corrected chi connectivity index (χ4v) is 4.90. The molecule has 5 rings (SSSR count). The van der Waals surface area contributed by atoms with E-state index in [9.17, 15) is 9.59 Å². The number of benzene rings is 2. The molecule has 1 unspecified atom stereocenters. The number of carbonyl (C=O) groups is 1. The van der Waals surface area contributed by atoms with Gasteiger partial charge in [-0.15, -0.1) is 0 Å². The highest BCUT2D eigenvalue weighted by Gasteiger charge is 2.41. The summed E-state index contributed by atoms with van der Waals surface area (Å²) in [4.78, 5) is 34.6. The summed E-state index contributed by atoms with van der Waals surface area (Å²) in [5.41, 5.74) is 9.27. The molecule has 2 heterocycles. The Morgan fingerprint density at radius 2 is 1.78 bits per heavy atom. The number of hydrogen-bond acceptors (Lipinski definition) is 4. The van der Waals surface area contributed by atoms with Gasteiger partial charge in [-0.25, -0.2) is 4.98 Å². The Labute approximate surface area is 215 Å². The molecule has 1 saturated carbocycles. The molecule has 184 valence electrons. The third kappa shape index (κ3) is 5.06. The molecule has 1 aliphatic rings. The molecule has 0 aliphatic heterocycles. The van der Waals surface area contributed by atoms with Crippen molar-refractivity contribution in [2.45, 2.75) is 31.7 Å². The lowest BCUT2D eigenvalue weighted by molar-refractivity contribution is 0.0644. The number of rotatable bonds is 9. The first-order valence-corrected chi connectivity index (χ1v) is 12.8. The fraction of sp³-hybridized carbons (Fsp3) is 0.276. The lowest BCUT2D eigenvalue weighted by atomic mass is 9.96. The zero-order valence-corrected chi connectivity index (χ0v) is 20.8. The summed E-state index contributed by atoms with van der Waals surface area (Å²) in [6, 6.07) is 22.1. The van der Waals surface area contributed by atoms with Gasteiger partial charge in [0.25, 0.3) is 11.5 Å². The van der Waals surface area contributed by atoms with Crippen LogP contribution in [0.25, 0.3) is 5.65 Å². The van der Waals surface area contributed by atoms with Crippen molar-refractivity contribution in [3.8, 4) is 0 Å². The molecule has 2 aromatic carbocycles. The SMILES string of the molecule is NCCCN(C(=O)c1ccc(Cl)cc1)C(c1nc2ccccn2c(=O)c1Cc1ccccc1)C1CC1. The maximum absolute atomic E-state index is 13.9. The van der Waals surface area contributed by atoms with E-state index in [1.54, 1.807) is 34.9 Å². The summed E-state index contributed by atoms with van der Waals surface area (Å²) < 4.78 is 1.59. The third-order valence-electron chi connectivity index (χ3n) is 6.72. The minimum Gasteiger partial charge on any atom is -0.330 e. The van der Waals surface area contributed by atoms with E-state index in [1.807, 2.05) is 53.4 Å². The quantitative estimate of drug-likeness (QED) is 0.355. The maximum Gasteiger partial charge on any atom is 0.261 e. The second-order valence-corrected chi connectivity index (χ2v) is 9.74. The molecule has 6 nitrogen and oxygen atoms in total. The number of hydrogen-bond donors (Lipinski definition) is 1. The van der Waals surface area contributed by atoms with E-state index in [1.165, 1.54) is 0 Å². The van der Waals surface area contributed by atoms with Gasteiger partial charge in [0.2, 0.25) is 0 Å². The monoisotopic (exact) mass is 500 g/mol. The molecular weight excluding hydrogens is 472 g/mol. The third-order valence-corrected chi connectivity index (χ3v) is 6.97. The summed E-state index contributed by atoms with van der Waals surface area (Å²) >= 11 is 6.08. The number of amides is 1. The van der Waals surface area contributed by atoms with Crippen LogP contribution in [0.1, 0.15) is 52.5 Å². The maximum atomic E-state index is 13.9. The molecule has 4 aromatic rings. The zero-order valence-electron chi connectivity index (χ0n) is 20.0. The first-order chi connectivity index (χ1) is 17.6. The fourth-order valence-electron chi connectivity index (χ4n) is 4.78. The number of aromatic nitrogens is 2. The molecule has 0 radical (unpaired) electrons. The van der Waals surface area contributed by atoms with Crippen LogP contribution in [0, 0.1) is 5.92 Å². The smallest absolute Gasteiger partial charge is 0.261 e. The Bertz CT molecular complexity index is 1420. The van der Waals surface area contributed by atoms with Gasteiger partial charge in [0.1, 0.15) is 5.65 Å². The molecule has 1 fully saturated rings. The van der Waals surface area contributed by atoms with Crippen LogP contribution in [0.3, 0.4) is 0 Å². The Morgan fingerprint density at radius 1 is 1.06 bits per heavy atom. The molecule has 1 atom stereocenters. The molecule has 2 aromatic heterocycles. The Kier molecular flexibility index (Phi) is 7.16. The molecule has 36 heavy (non-hydrogen) atoms. The zero-order chi connectivity index (χ0) is 25.1. The highest BCUT2D eigenvalue weighted by Crippen LogP contribution is 2.45. The van der Waals surface area contributed by atoms with Crippen LogP contribution < -0.4 is 11.3 Å². The first-order valence-electron chi connectivity index (χ1n) is 12.4. The minimum absolute atomic E-state index is 0.0946. The lowest BCUT2D eigenvalue weighted by Crippen LogP contribution is -2.40. The van der Waals surface area contributed by atoms with Gasteiger partial charge in [0.05, 0.1) is 11.7 Å². The number of carbonyl (C=O) groups excluding carboxylic acids is 1. The van der Waals surface area contributed by atoms with Gasteiger partial charge in [0.15, 0.2) is 0 Å². The van der Waals surface area contributed by atoms with Crippen molar-refractivity contribution in [2.75, 3.05) is 13.1 Å². The number of pyridine rings is 1. The summed E-state index contributed by atoms with van der Waals surface area (Å²) in [7, 11) is 0. The van der Waals surface area contributed by atoms with E-state index in [2.05, 4.69) is 0 Å². The van der Waals surface area contributed by atoms with Gasteiger partial charge >= 0.3 is 0 Å². The second-order valence-electron chi connectivity index (χ2n) is 9.30. The van der Waals surface area contributed by atoms with E-state index in [0.717, 1.165) is 18.4 Å². The van der Waals surface area contributed by atoms with Crippen LogP contribution in [-0.4, -0.2) is 33.3 Å². The van der Waals surface area contributed by atoms with Crippen molar-refractivity contribution in [1.82, 2.24) is 14.3 Å². The van der Waals surface area contributed by atoms with Gasteiger partial charge in [-0.05, 0) is 73.7 Å². The predicted octanol–water partition coefficient (Wildman–Crippen LogP) is 4.88. The van der Waals surface area contributed by atoms with Gasteiger partial charge < -0.3 is 10.6 Å². The molecule has 0 spiro atoms. The normalized spacial score (nSPS) is 14.1. The van der Waals surface area contributed by atoms with Crippen molar-refractivity contribution in [3.05, 3.63) is 117 Å². The number of fused-ring (bicyclic) bond motifs is 1. The molecule has 2 N–H and O–H groups in total. The van der Waals surface area contributed by atoms with Crippen LogP contribution in [0.4, 0.5) is 0 Å². The Hall–Kier alpha value is -3.48. The van der Waals surface area contributed by atoms with Gasteiger partial charge in [-0.1, -0.05) is 48.0 Å². The number of halogens is 1. The van der Waals surface area contributed by atoms with Crippen LogP contribution >= 0.6 is 11.6 Å². The predicted molar refractivity (Wildman–Crippen MR) is 142 cm³/mol. The Morgan fingerprint density at radius 3 is 2.47 bits per heavy atom. The van der Waals surface area contributed by atoms with Crippen LogP contribution in [0.15, 0.2) is 83.8 Å². The van der Waals surface area contributed by atoms with Crippen molar-refractivity contribution in [1.29, 1.82) is 0 Å². The Balaban J connectivity index is 1.67. The van der Waals surface area contributed by atoms with Crippen LogP contribution in [0.5, 0.6) is 0 Å². The van der Waals surface area contributed by atoms with Crippen molar-refractivity contribution in [2.24, 2.45) is 11.7 Å². The summed E-state index contributed by atoms with van der Waals surface area (Å²) in [5, 5.41) is 0.577. The van der Waals surface area contributed by atoms with Crippen molar-refractivity contribution >= 4 is 23.2 Å². The van der Waals surface area contributed by atoms with Crippen molar-refractivity contribution < 1.29 is 4.79 Å². The first kappa shape index (κ1) is 24.2. The molecule has 0 saturated heterocycles. The molecule has 1 aliphatic carbocycles. The molecule has 0 bridgehead atoms. The van der Waals surface area contributed by atoms with Crippen LogP contribution in [-0.2, 0) is 6.42 Å². The largest absolute Gasteiger partial charge is 0.330 e. The molecule has 1 amide bonds. The van der Waals surface area contributed by atoms with E-state index in [0.29, 0.717) is 53.4 Å².